The van der Waals surface area contributed by atoms with Crippen molar-refractivity contribution in [1.82, 2.24) is 4.98 Å². The molecule has 18 heavy (non-hydrogen) atoms. The molecule has 0 aliphatic carbocycles. The number of fused-ring (bicyclic) bond motifs is 1. The molecule has 3 aromatic rings. The Bertz CT molecular complexity index is 741. The van der Waals surface area contributed by atoms with Crippen molar-refractivity contribution < 1.29 is 9.50 Å². The van der Waals surface area contributed by atoms with Crippen molar-refractivity contribution in [3.05, 3.63) is 47.2 Å². The van der Waals surface area contributed by atoms with E-state index in [2.05, 4.69) is 4.98 Å². The molecule has 0 saturated heterocycles. The van der Waals surface area contributed by atoms with Crippen LogP contribution in [0.1, 0.15) is 0 Å². The maximum atomic E-state index is 13.2. The summed E-state index contributed by atoms with van der Waals surface area (Å²) in [5, 5.41) is 10.9. The van der Waals surface area contributed by atoms with Gasteiger partial charge in [-0.3, -0.25) is 0 Å². The normalized spacial score (nSPS) is 11.0. The number of hydrogen-bond donors (Lipinski definition) is 1. The fourth-order valence-electron chi connectivity index (χ4n) is 1.69. The van der Waals surface area contributed by atoms with Gasteiger partial charge in [0.25, 0.3) is 0 Å². The van der Waals surface area contributed by atoms with Crippen LogP contribution in [0, 0.1) is 5.82 Å². The fraction of sp³-hybridized carbons (Fsp3) is 0. The van der Waals surface area contributed by atoms with Gasteiger partial charge >= 0.3 is 0 Å². The fourth-order valence-corrected chi connectivity index (χ4v) is 2.96. The Morgan fingerprint density at radius 2 is 2.00 bits per heavy atom. The second-order valence-electron chi connectivity index (χ2n) is 3.79. The first-order chi connectivity index (χ1) is 8.63. The van der Waals surface area contributed by atoms with Gasteiger partial charge in [-0.05, 0) is 36.4 Å². The van der Waals surface area contributed by atoms with Gasteiger partial charge in [-0.15, -0.1) is 11.3 Å². The van der Waals surface area contributed by atoms with Crippen molar-refractivity contribution in [2.45, 2.75) is 0 Å². The zero-order valence-electron chi connectivity index (χ0n) is 9.02. The lowest BCUT2D eigenvalue weighted by Crippen LogP contribution is -1.80. The summed E-state index contributed by atoms with van der Waals surface area (Å²) in [5.41, 5.74) is 1.18. The van der Waals surface area contributed by atoms with Crippen LogP contribution in [-0.4, -0.2) is 10.1 Å². The number of aromatic hydroxyl groups is 1. The SMILES string of the molecule is Oc1ccc(F)cc1-c1nc2ccc(Cl)cc2s1. The van der Waals surface area contributed by atoms with Gasteiger partial charge in [-0.25, -0.2) is 9.37 Å². The van der Waals surface area contributed by atoms with Gasteiger partial charge in [-0.1, -0.05) is 11.6 Å². The molecule has 5 heteroatoms. The van der Waals surface area contributed by atoms with Crippen LogP contribution in [0.4, 0.5) is 4.39 Å². The largest absolute Gasteiger partial charge is 0.507 e. The molecule has 90 valence electrons. The second-order valence-corrected chi connectivity index (χ2v) is 5.26. The van der Waals surface area contributed by atoms with E-state index in [4.69, 9.17) is 11.6 Å². The minimum atomic E-state index is -0.403. The molecule has 1 N–H and O–H groups in total. The highest BCUT2D eigenvalue weighted by Crippen LogP contribution is 2.36. The maximum absolute atomic E-state index is 13.2. The first kappa shape index (κ1) is 11.4. The standard InChI is InChI=1S/C13H7ClFNOS/c14-7-1-3-10-12(5-7)18-13(16-10)9-6-8(15)2-4-11(9)17/h1-6,17H. The molecule has 0 unspecified atom stereocenters. The number of rotatable bonds is 1. The molecule has 0 bridgehead atoms. The molecule has 0 saturated carbocycles. The molecule has 3 rings (SSSR count). The number of thiazole rings is 1. The van der Waals surface area contributed by atoms with E-state index in [0.717, 1.165) is 10.2 Å². The number of phenols is 1. The van der Waals surface area contributed by atoms with Gasteiger partial charge < -0.3 is 5.11 Å². The number of halogens is 2. The van der Waals surface area contributed by atoms with E-state index in [9.17, 15) is 9.50 Å². The smallest absolute Gasteiger partial charge is 0.128 e. The van der Waals surface area contributed by atoms with Crippen molar-refractivity contribution in [1.29, 1.82) is 0 Å². The van der Waals surface area contributed by atoms with Crippen LogP contribution in [0.25, 0.3) is 20.8 Å². The van der Waals surface area contributed by atoms with Gasteiger partial charge in [0.2, 0.25) is 0 Å². The van der Waals surface area contributed by atoms with Gasteiger partial charge in [0.05, 0.1) is 15.8 Å². The molecule has 2 nitrogen and oxygen atoms in total. The van der Waals surface area contributed by atoms with E-state index in [1.54, 1.807) is 18.2 Å². The van der Waals surface area contributed by atoms with E-state index in [0.29, 0.717) is 15.6 Å². The first-order valence-electron chi connectivity index (χ1n) is 5.18. The average Bonchev–Trinajstić information content (AvgIpc) is 2.74. The van der Waals surface area contributed by atoms with E-state index in [1.165, 1.54) is 29.5 Å². The predicted octanol–water partition coefficient (Wildman–Crippen LogP) is 4.46. The lowest BCUT2D eigenvalue weighted by atomic mass is 10.2. The minimum Gasteiger partial charge on any atom is -0.507 e. The van der Waals surface area contributed by atoms with E-state index in [1.807, 2.05) is 0 Å². The Labute approximate surface area is 111 Å². The summed E-state index contributed by atoms with van der Waals surface area (Å²) in [6.45, 7) is 0. The lowest BCUT2D eigenvalue weighted by molar-refractivity contribution is 0.475. The monoisotopic (exact) mass is 279 g/mol. The Kier molecular flexibility index (Phi) is 2.69. The summed E-state index contributed by atoms with van der Waals surface area (Å²) < 4.78 is 14.1. The predicted molar refractivity (Wildman–Crippen MR) is 71.7 cm³/mol. The molecule has 0 aliphatic heterocycles. The molecule has 0 spiro atoms. The summed E-state index contributed by atoms with van der Waals surface area (Å²) in [6, 6.07) is 9.16. The van der Waals surface area contributed by atoms with E-state index in [-0.39, 0.29) is 5.75 Å². The highest BCUT2D eigenvalue weighted by molar-refractivity contribution is 7.21. The molecule has 1 aromatic heterocycles. The quantitative estimate of drug-likeness (QED) is 0.713. The van der Waals surface area contributed by atoms with Crippen molar-refractivity contribution in [3.8, 4) is 16.3 Å². The number of hydrogen-bond acceptors (Lipinski definition) is 3. The summed E-state index contributed by atoms with van der Waals surface area (Å²) in [6.07, 6.45) is 0. The van der Waals surface area contributed by atoms with Crippen LogP contribution in [0.3, 0.4) is 0 Å². The third-order valence-corrected chi connectivity index (χ3v) is 3.83. The number of benzene rings is 2. The van der Waals surface area contributed by atoms with Gasteiger partial charge in [0.1, 0.15) is 16.6 Å². The Morgan fingerprint density at radius 3 is 2.83 bits per heavy atom. The van der Waals surface area contributed by atoms with Crippen LogP contribution in [-0.2, 0) is 0 Å². The van der Waals surface area contributed by atoms with Crippen molar-refractivity contribution >= 4 is 33.2 Å². The van der Waals surface area contributed by atoms with Crippen molar-refractivity contribution in [2.75, 3.05) is 0 Å². The first-order valence-corrected chi connectivity index (χ1v) is 6.38. The molecule has 1 heterocycles. The highest BCUT2D eigenvalue weighted by atomic mass is 35.5. The Balaban J connectivity index is 2.22. The van der Waals surface area contributed by atoms with Crippen molar-refractivity contribution in [2.24, 2.45) is 0 Å². The minimum absolute atomic E-state index is 0.0153. The molecule has 2 aromatic carbocycles. The molecule has 0 amide bonds. The topological polar surface area (TPSA) is 33.1 Å². The third kappa shape index (κ3) is 1.94. The summed E-state index contributed by atoms with van der Waals surface area (Å²) in [4.78, 5) is 4.36. The Hall–Kier alpha value is -1.65. The Morgan fingerprint density at radius 1 is 1.17 bits per heavy atom. The molecule has 0 radical (unpaired) electrons. The highest BCUT2D eigenvalue weighted by Gasteiger charge is 2.11. The number of aromatic nitrogens is 1. The van der Waals surface area contributed by atoms with Gasteiger partial charge in [-0.2, -0.15) is 0 Å². The van der Waals surface area contributed by atoms with Crippen LogP contribution >= 0.6 is 22.9 Å². The number of nitrogens with zero attached hydrogens (tertiary/aromatic N) is 1. The zero-order valence-corrected chi connectivity index (χ0v) is 10.6. The summed E-state index contributed by atoms with van der Waals surface area (Å²) >= 11 is 7.27. The molecular weight excluding hydrogens is 273 g/mol. The van der Waals surface area contributed by atoms with Crippen LogP contribution in [0.2, 0.25) is 5.02 Å². The molecule has 0 aliphatic rings. The maximum Gasteiger partial charge on any atom is 0.128 e. The molecule has 0 fully saturated rings. The van der Waals surface area contributed by atoms with Crippen LogP contribution in [0.5, 0.6) is 5.75 Å². The zero-order chi connectivity index (χ0) is 12.7. The summed E-state index contributed by atoms with van der Waals surface area (Å²) in [7, 11) is 0. The number of phenolic OH excluding ortho intramolecular Hbond substituents is 1. The summed E-state index contributed by atoms with van der Waals surface area (Å²) in [5.74, 6) is -0.387. The second kappa shape index (κ2) is 4.23. The third-order valence-electron chi connectivity index (χ3n) is 2.54. The van der Waals surface area contributed by atoms with Crippen LogP contribution < -0.4 is 0 Å². The lowest BCUT2D eigenvalue weighted by Gasteiger charge is -1.99. The van der Waals surface area contributed by atoms with Crippen LogP contribution in [0.15, 0.2) is 36.4 Å². The molecule has 0 atom stereocenters. The van der Waals surface area contributed by atoms with Gasteiger partial charge in [0, 0.05) is 5.02 Å². The van der Waals surface area contributed by atoms with Crippen molar-refractivity contribution in [3.63, 3.8) is 0 Å². The van der Waals surface area contributed by atoms with Gasteiger partial charge in [0.15, 0.2) is 0 Å². The van der Waals surface area contributed by atoms with E-state index >= 15 is 0 Å². The van der Waals surface area contributed by atoms with E-state index < -0.39 is 5.82 Å². The molecular formula is C13H7ClFNOS. The average molecular weight is 280 g/mol.